The van der Waals surface area contributed by atoms with Crippen LogP contribution in [0.2, 0.25) is 0 Å². The zero-order chi connectivity index (χ0) is 13.3. The second-order valence-electron chi connectivity index (χ2n) is 6.16. The van der Waals surface area contributed by atoms with Gasteiger partial charge in [-0.15, -0.1) is 0 Å². The molecule has 3 heteroatoms. The van der Waals surface area contributed by atoms with Crippen molar-refractivity contribution >= 4 is 0 Å². The highest BCUT2D eigenvalue weighted by molar-refractivity contribution is 5.38. The van der Waals surface area contributed by atoms with Gasteiger partial charge in [-0.1, -0.05) is 18.2 Å². The van der Waals surface area contributed by atoms with Gasteiger partial charge >= 0.3 is 0 Å². The fraction of sp³-hybridized carbons (Fsp3) is 0.625. The first-order valence-corrected chi connectivity index (χ1v) is 7.36. The summed E-state index contributed by atoms with van der Waals surface area (Å²) < 4.78 is 5.69. The number of benzene rings is 1. The Morgan fingerprint density at radius 1 is 1.32 bits per heavy atom. The molecule has 3 atom stereocenters. The van der Waals surface area contributed by atoms with Gasteiger partial charge in [-0.3, -0.25) is 0 Å². The molecule has 1 saturated carbocycles. The maximum Gasteiger partial charge on any atom is 0.122 e. The molecule has 1 aliphatic heterocycles. The van der Waals surface area contributed by atoms with Crippen LogP contribution in [0.4, 0.5) is 0 Å². The Kier molecular flexibility index (Phi) is 3.50. The number of hydrogen-bond donors (Lipinski definition) is 2. The molecular formula is C16H23NO2. The number of aliphatic hydroxyl groups is 1. The quantitative estimate of drug-likeness (QED) is 0.860. The van der Waals surface area contributed by atoms with Crippen LogP contribution >= 0.6 is 0 Å². The topological polar surface area (TPSA) is 55.5 Å². The number of para-hydroxylation sites is 1. The van der Waals surface area contributed by atoms with Crippen LogP contribution in [0.3, 0.4) is 0 Å². The molecule has 0 radical (unpaired) electrons. The lowest BCUT2D eigenvalue weighted by Gasteiger charge is -2.39. The van der Waals surface area contributed by atoms with Gasteiger partial charge in [0.1, 0.15) is 5.75 Å². The maximum absolute atomic E-state index is 10.8. The van der Waals surface area contributed by atoms with Crippen molar-refractivity contribution in [3.05, 3.63) is 29.8 Å². The fourth-order valence-corrected chi connectivity index (χ4v) is 3.66. The molecule has 3 nitrogen and oxygen atoms in total. The minimum atomic E-state index is -0.577. The summed E-state index contributed by atoms with van der Waals surface area (Å²) in [6.45, 7) is 0.754. The minimum absolute atomic E-state index is 0.161. The summed E-state index contributed by atoms with van der Waals surface area (Å²) in [5.41, 5.74) is 6.70. The first kappa shape index (κ1) is 12.9. The van der Waals surface area contributed by atoms with Gasteiger partial charge in [0.2, 0.25) is 0 Å². The van der Waals surface area contributed by atoms with E-state index in [1.54, 1.807) is 0 Å². The molecule has 0 spiro atoms. The van der Waals surface area contributed by atoms with Gasteiger partial charge in [0.25, 0.3) is 0 Å². The highest BCUT2D eigenvalue weighted by atomic mass is 16.5. The van der Waals surface area contributed by atoms with E-state index in [1.165, 1.54) is 5.56 Å². The van der Waals surface area contributed by atoms with Crippen LogP contribution in [0.25, 0.3) is 0 Å². The average Bonchev–Trinajstić information content (AvgIpc) is 2.38. The van der Waals surface area contributed by atoms with Crippen molar-refractivity contribution in [2.24, 2.45) is 5.73 Å². The lowest BCUT2D eigenvalue weighted by atomic mass is 9.74. The third-order valence-corrected chi connectivity index (χ3v) is 4.57. The summed E-state index contributed by atoms with van der Waals surface area (Å²) >= 11 is 0. The largest absolute Gasteiger partial charge is 0.493 e. The summed E-state index contributed by atoms with van der Waals surface area (Å²) in [7, 11) is 0. The highest BCUT2D eigenvalue weighted by Crippen LogP contribution is 2.42. The summed E-state index contributed by atoms with van der Waals surface area (Å²) in [6.07, 6.45) is 5.54. The molecule has 2 aliphatic rings. The molecule has 104 valence electrons. The summed E-state index contributed by atoms with van der Waals surface area (Å²) in [4.78, 5) is 0. The molecule has 3 N–H and O–H groups in total. The molecule has 0 bridgehead atoms. The zero-order valence-electron chi connectivity index (χ0n) is 11.3. The molecule has 0 aromatic heterocycles. The third kappa shape index (κ3) is 2.77. The molecule has 1 aromatic carbocycles. The van der Waals surface area contributed by atoms with E-state index in [0.717, 1.165) is 50.9 Å². The zero-order valence-corrected chi connectivity index (χ0v) is 11.3. The Morgan fingerprint density at radius 3 is 3.00 bits per heavy atom. The summed E-state index contributed by atoms with van der Waals surface area (Å²) in [6, 6.07) is 8.38. The van der Waals surface area contributed by atoms with Crippen molar-refractivity contribution in [3.8, 4) is 5.75 Å². The SMILES string of the molecule is NC1CCCC(O)(CC2CCOc3ccccc32)C1. The Morgan fingerprint density at radius 2 is 2.16 bits per heavy atom. The van der Waals surface area contributed by atoms with Crippen molar-refractivity contribution in [3.63, 3.8) is 0 Å². The lowest BCUT2D eigenvalue weighted by molar-refractivity contribution is -0.0185. The van der Waals surface area contributed by atoms with E-state index in [2.05, 4.69) is 12.1 Å². The van der Waals surface area contributed by atoms with Gasteiger partial charge in [0.15, 0.2) is 0 Å². The van der Waals surface area contributed by atoms with E-state index >= 15 is 0 Å². The van der Waals surface area contributed by atoms with Crippen molar-refractivity contribution in [1.82, 2.24) is 0 Å². The van der Waals surface area contributed by atoms with Crippen LogP contribution in [0, 0.1) is 0 Å². The summed E-state index contributed by atoms with van der Waals surface area (Å²) in [5, 5.41) is 10.8. The average molecular weight is 261 g/mol. The molecule has 1 aromatic rings. The van der Waals surface area contributed by atoms with Crippen LogP contribution in [0.1, 0.15) is 50.0 Å². The summed E-state index contributed by atoms with van der Waals surface area (Å²) in [5.74, 6) is 1.39. The molecule has 1 heterocycles. The Labute approximate surface area is 114 Å². The Hall–Kier alpha value is -1.06. The maximum atomic E-state index is 10.8. The molecular weight excluding hydrogens is 238 g/mol. The van der Waals surface area contributed by atoms with Gasteiger partial charge in [-0.2, -0.15) is 0 Å². The molecule has 0 amide bonds. The normalized spacial score (nSPS) is 34.4. The van der Waals surface area contributed by atoms with Crippen LogP contribution in [-0.4, -0.2) is 23.4 Å². The first-order valence-electron chi connectivity index (χ1n) is 7.36. The van der Waals surface area contributed by atoms with Crippen LogP contribution in [-0.2, 0) is 0 Å². The number of ether oxygens (including phenoxy) is 1. The number of hydrogen-bond acceptors (Lipinski definition) is 3. The molecule has 1 aliphatic carbocycles. The lowest BCUT2D eigenvalue weighted by Crippen LogP contribution is -2.42. The predicted octanol–water partition coefficient (Wildman–Crippen LogP) is 2.58. The van der Waals surface area contributed by atoms with E-state index in [4.69, 9.17) is 10.5 Å². The van der Waals surface area contributed by atoms with Crippen LogP contribution < -0.4 is 10.5 Å². The fourth-order valence-electron chi connectivity index (χ4n) is 3.66. The van der Waals surface area contributed by atoms with Crippen molar-refractivity contribution in [1.29, 1.82) is 0 Å². The third-order valence-electron chi connectivity index (χ3n) is 4.57. The molecule has 3 unspecified atom stereocenters. The Balaban J connectivity index is 1.77. The first-order chi connectivity index (χ1) is 9.16. The van der Waals surface area contributed by atoms with Gasteiger partial charge in [-0.05, 0) is 56.1 Å². The smallest absolute Gasteiger partial charge is 0.122 e. The van der Waals surface area contributed by atoms with E-state index in [-0.39, 0.29) is 6.04 Å². The van der Waals surface area contributed by atoms with Crippen LogP contribution in [0.5, 0.6) is 5.75 Å². The monoisotopic (exact) mass is 261 g/mol. The molecule has 19 heavy (non-hydrogen) atoms. The molecule has 1 fully saturated rings. The van der Waals surface area contributed by atoms with Gasteiger partial charge in [-0.25, -0.2) is 0 Å². The standard InChI is InChI=1S/C16H23NO2/c17-13-4-3-8-16(18,11-13)10-12-7-9-19-15-6-2-1-5-14(12)15/h1-2,5-6,12-13,18H,3-4,7-11,17H2. The van der Waals surface area contributed by atoms with Gasteiger partial charge in [0, 0.05) is 6.04 Å². The highest BCUT2D eigenvalue weighted by Gasteiger charge is 2.36. The minimum Gasteiger partial charge on any atom is -0.493 e. The van der Waals surface area contributed by atoms with Gasteiger partial charge in [0.05, 0.1) is 12.2 Å². The number of rotatable bonds is 2. The van der Waals surface area contributed by atoms with E-state index in [0.29, 0.717) is 5.92 Å². The number of fused-ring (bicyclic) bond motifs is 1. The van der Waals surface area contributed by atoms with E-state index in [1.807, 2.05) is 12.1 Å². The van der Waals surface area contributed by atoms with Crippen molar-refractivity contribution in [2.75, 3.05) is 6.61 Å². The van der Waals surface area contributed by atoms with Crippen molar-refractivity contribution < 1.29 is 9.84 Å². The molecule has 3 rings (SSSR count). The van der Waals surface area contributed by atoms with Crippen molar-refractivity contribution in [2.45, 2.75) is 56.1 Å². The predicted molar refractivity (Wildman–Crippen MR) is 75.3 cm³/mol. The van der Waals surface area contributed by atoms with E-state index < -0.39 is 5.60 Å². The number of nitrogens with two attached hydrogens (primary N) is 1. The van der Waals surface area contributed by atoms with Gasteiger partial charge < -0.3 is 15.6 Å². The second-order valence-corrected chi connectivity index (χ2v) is 6.16. The van der Waals surface area contributed by atoms with Crippen LogP contribution in [0.15, 0.2) is 24.3 Å². The second kappa shape index (κ2) is 5.14. The van der Waals surface area contributed by atoms with E-state index in [9.17, 15) is 5.11 Å². The Bertz CT molecular complexity index is 448. The molecule has 0 saturated heterocycles.